The molecule has 1 aromatic rings. The number of carbonyl (C=O) groups excluding carboxylic acids is 2. The Kier molecular flexibility index (Phi) is 6.74. The highest BCUT2D eigenvalue weighted by Gasteiger charge is 2.58. The number of rotatable bonds is 6. The number of aromatic nitrogens is 1. The van der Waals surface area contributed by atoms with Crippen LogP contribution in [0, 0.1) is 30.6 Å². The Morgan fingerprint density at radius 3 is 2.50 bits per heavy atom. The number of halogens is 1. The van der Waals surface area contributed by atoms with Crippen molar-refractivity contribution in [3.8, 4) is 0 Å². The molecule has 1 saturated heterocycles. The van der Waals surface area contributed by atoms with Crippen LogP contribution in [-0.4, -0.2) is 47.3 Å². The van der Waals surface area contributed by atoms with Crippen LogP contribution in [0.5, 0.6) is 0 Å². The van der Waals surface area contributed by atoms with Gasteiger partial charge in [-0.1, -0.05) is 12.2 Å². The van der Waals surface area contributed by atoms with Gasteiger partial charge in [0.1, 0.15) is 0 Å². The topological polar surface area (TPSA) is 86.7 Å². The van der Waals surface area contributed by atoms with Gasteiger partial charge in [0, 0.05) is 30.7 Å². The number of carbonyl (C=O) groups is 2. The molecular weight excluding hydrogens is 489 g/mol. The average molecular weight is 515 g/mol. The number of amides is 2. The van der Waals surface area contributed by atoms with Crippen molar-refractivity contribution in [2.45, 2.75) is 26.8 Å². The van der Waals surface area contributed by atoms with Gasteiger partial charge >= 0.3 is 0 Å². The minimum absolute atomic E-state index is 0. The fourth-order valence-electron chi connectivity index (χ4n) is 4.45. The van der Waals surface area contributed by atoms with Crippen molar-refractivity contribution in [3.05, 3.63) is 28.2 Å². The Balaban J connectivity index is 0.00000225. The summed E-state index contributed by atoms with van der Waals surface area (Å²) < 4.78 is 0. The van der Waals surface area contributed by atoms with Crippen LogP contribution in [0.4, 0.5) is 0 Å². The molecule has 2 N–H and O–H groups in total. The van der Waals surface area contributed by atoms with Crippen molar-refractivity contribution in [2.75, 3.05) is 19.6 Å². The number of thiazole rings is 1. The van der Waals surface area contributed by atoms with E-state index >= 15 is 0 Å². The zero-order valence-electron chi connectivity index (χ0n) is 16.1. The van der Waals surface area contributed by atoms with Gasteiger partial charge < -0.3 is 10.6 Å². The molecule has 4 atom stereocenters. The first-order valence-corrected chi connectivity index (χ1v) is 10.4. The molecule has 0 spiro atoms. The molecule has 0 aromatic carbocycles. The van der Waals surface area contributed by atoms with E-state index in [1.807, 2.05) is 20.0 Å². The number of hydrogen-bond acceptors (Lipinski definition) is 5. The minimum atomic E-state index is -0.121. The smallest absolute Gasteiger partial charge is 0.233 e. The van der Waals surface area contributed by atoms with E-state index in [4.69, 9.17) is 0 Å². The second-order valence-corrected chi connectivity index (χ2v) is 8.61. The molecule has 3 aliphatic rings. The predicted molar refractivity (Wildman–Crippen MR) is 120 cm³/mol. The standard InChI is InChI=1S/C19H25N5O2S.HI/c1-3-20-19(23-10-14-9-22-11(2)27-14)21-6-7-24-17(25)15-12-4-5-13(8-12)16(15)18(24)26;/h4-5,9,12-13,15-16H,3,6-8,10H2,1-2H3,(H2,20,21,23);1H. The van der Waals surface area contributed by atoms with Crippen LogP contribution in [0.3, 0.4) is 0 Å². The molecule has 28 heavy (non-hydrogen) atoms. The lowest BCUT2D eigenvalue weighted by atomic mass is 9.85. The fourth-order valence-corrected chi connectivity index (χ4v) is 5.17. The highest BCUT2D eigenvalue weighted by molar-refractivity contribution is 14.0. The van der Waals surface area contributed by atoms with E-state index in [0.717, 1.165) is 22.9 Å². The van der Waals surface area contributed by atoms with E-state index in [-0.39, 0.29) is 59.5 Å². The van der Waals surface area contributed by atoms with Gasteiger partial charge in [0.15, 0.2) is 5.96 Å². The molecule has 1 aliphatic heterocycles. The Morgan fingerprint density at radius 2 is 1.93 bits per heavy atom. The van der Waals surface area contributed by atoms with Crippen LogP contribution in [0.2, 0.25) is 0 Å². The first kappa shape index (κ1) is 21.2. The van der Waals surface area contributed by atoms with Crippen LogP contribution in [0.1, 0.15) is 23.2 Å². The number of allylic oxidation sites excluding steroid dienone is 2. The maximum absolute atomic E-state index is 12.7. The van der Waals surface area contributed by atoms with Gasteiger partial charge in [0.2, 0.25) is 11.8 Å². The van der Waals surface area contributed by atoms with Gasteiger partial charge in [-0.05, 0) is 32.1 Å². The monoisotopic (exact) mass is 515 g/mol. The fraction of sp³-hybridized carbons (Fsp3) is 0.579. The largest absolute Gasteiger partial charge is 0.357 e. The second kappa shape index (κ2) is 8.89. The van der Waals surface area contributed by atoms with E-state index in [0.29, 0.717) is 25.6 Å². The predicted octanol–water partition coefficient (Wildman–Crippen LogP) is 1.93. The highest BCUT2D eigenvalue weighted by Crippen LogP contribution is 2.52. The molecule has 2 aliphatic carbocycles. The minimum Gasteiger partial charge on any atom is -0.357 e. The van der Waals surface area contributed by atoms with Crippen molar-refractivity contribution >= 4 is 53.1 Å². The average Bonchev–Trinajstić information content (AvgIpc) is 3.40. The number of likely N-dealkylation sites (tertiary alicyclic amines) is 1. The van der Waals surface area contributed by atoms with Crippen molar-refractivity contribution in [3.63, 3.8) is 0 Å². The molecule has 2 fully saturated rings. The first-order valence-electron chi connectivity index (χ1n) is 9.55. The number of guanidine groups is 1. The number of imide groups is 1. The van der Waals surface area contributed by atoms with E-state index < -0.39 is 0 Å². The van der Waals surface area contributed by atoms with Gasteiger partial charge in [0.25, 0.3) is 0 Å². The Labute approximate surface area is 186 Å². The first-order chi connectivity index (χ1) is 13.1. The van der Waals surface area contributed by atoms with E-state index in [1.165, 1.54) is 4.90 Å². The molecule has 7 nitrogen and oxygen atoms in total. The lowest BCUT2D eigenvalue weighted by molar-refractivity contribution is -0.140. The van der Waals surface area contributed by atoms with Crippen LogP contribution < -0.4 is 10.6 Å². The summed E-state index contributed by atoms with van der Waals surface area (Å²) in [7, 11) is 0. The van der Waals surface area contributed by atoms with E-state index in [2.05, 4.69) is 32.8 Å². The molecule has 1 aromatic heterocycles. The van der Waals surface area contributed by atoms with Crippen molar-refractivity contribution < 1.29 is 9.59 Å². The number of aryl methyl sites for hydroxylation is 1. The molecule has 9 heteroatoms. The molecule has 152 valence electrons. The molecule has 2 amide bonds. The van der Waals surface area contributed by atoms with Crippen LogP contribution in [-0.2, 0) is 16.1 Å². The van der Waals surface area contributed by atoms with Gasteiger partial charge in [-0.25, -0.2) is 9.98 Å². The summed E-state index contributed by atoms with van der Waals surface area (Å²) in [5, 5.41) is 7.45. The third-order valence-corrected chi connectivity index (χ3v) is 6.49. The molecule has 4 rings (SSSR count). The molecule has 1 saturated carbocycles. The summed E-state index contributed by atoms with van der Waals surface area (Å²) >= 11 is 1.63. The van der Waals surface area contributed by atoms with Gasteiger partial charge in [-0.2, -0.15) is 0 Å². The van der Waals surface area contributed by atoms with E-state index in [9.17, 15) is 9.59 Å². The number of nitrogens with zero attached hydrogens (tertiary/aromatic N) is 3. The molecule has 2 heterocycles. The lowest BCUT2D eigenvalue weighted by Gasteiger charge is -2.18. The summed E-state index contributed by atoms with van der Waals surface area (Å²) in [4.78, 5) is 36.7. The number of aliphatic imine (C=N–C) groups is 1. The normalized spacial score (nSPS) is 27.9. The van der Waals surface area contributed by atoms with Crippen LogP contribution in [0.25, 0.3) is 0 Å². The summed E-state index contributed by atoms with van der Waals surface area (Å²) in [6.07, 6.45) is 7.05. The van der Waals surface area contributed by atoms with Crippen LogP contribution >= 0.6 is 35.3 Å². The number of fused-ring (bicyclic) bond motifs is 5. The van der Waals surface area contributed by atoms with Crippen LogP contribution in [0.15, 0.2) is 23.3 Å². The summed E-state index contributed by atoms with van der Waals surface area (Å²) in [6.45, 7) is 6.16. The van der Waals surface area contributed by atoms with E-state index in [1.54, 1.807) is 11.3 Å². The zero-order valence-corrected chi connectivity index (χ0v) is 19.2. The second-order valence-electron chi connectivity index (χ2n) is 7.30. The zero-order chi connectivity index (χ0) is 19.0. The Hall–Kier alpha value is -1.49. The maximum Gasteiger partial charge on any atom is 0.233 e. The molecule has 4 unspecified atom stereocenters. The quantitative estimate of drug-likeness (QED) is 0.199. The van der Waals surface area contributed by atoms with Crippen molar-refractivity contribution in [1.82, 2.24) is 20.5 Å². The highest BCUT2D eigenvalue weighted by atomic mass is 127. The van der Waals surface area contributed by atoms with Gasteiger partial charge in [0.05, 0.1) is 23.4 Å². The Morgan fingerprint density at radius 1 is 1.25 bits per heavy atom. The summed E-state index contributed by atoms with van der Waals surface area (Å²) in [5.74, 6) is 0.973. The lowest BCUT2D eigenvalue weighted by Crippen LogP contribution is -2.43. The molecule has 0 radical (unpaired) electrons. The number of nitrogens with one attached hydrogen (secondary N) is 2. The van der Waals surface area contributed by atoms with Crippen molar-refractivity contribution in [1.29, 1.82) is 0 Å². The van der Waals surface area contributed by atoms with Gasteiger partial charge in [-0.15, -0.1) is 35.3 Å². The third-order valence-electron chi connectivity index (χ3n) is 5.60. The summed E-state index contributed by atoms with van der Waals surface area (Å²) in [5.41, 5.74) is 0. The third kappa shape index (κ3) is 3.96. The van der Waals surface area contributed by atoms with Crippen molar-refractivity contribution in [2.24, 2.45) is 28.7 Å². The Bertz CT molecular complexity index is 778. The molecular formula is C19H26IN5O2S. The molecule has 2 bridgehead atoms. The van der Waals surface area contributed by atoms with Gasteiger partial charge in [-0.3, -0.25) is 14.5 Å². The summed E-state index contributed by atoms with van der Waals surface area (Å²) in [6, 6.07) is 0. The maximum atomic E-state index is 12.7. The number of hydrogen-bond donors (Lipinski definition) is 2. The SMILES string of the molecule is CCNC(=NCc1cnc(C)s1)NCCN1C(=O)C2C3C=CC(C3)C2C1=O.I.